The summed E-state index contributed by atoms with van der Waals surface area (Å²) in [5, 5.41) is 10.3. The smallest absolute Gasteiger partial charge is 0.338 e. The fourth-order valence-electron chi connectivity index (χ4n) is 3.42. The summed E-state index contributed by atoms with van der Waals surface area (Å²) in [6.45, 7) is 4.36. The molecule has 0 spiro atoms. The minimum absolute atomic E-state index is 0.109. The van der Waals surface area contributed by atoms with Crippen LogP contribution in [0.2, 0.25) is 0 Å². The maximum absolute atomic E-state index is 11.7. The van der Waals surface area contributed by atoms with Crippen LogP contribution in [0.4, 0.5) is 0 Å². The number of nitrogens with zero attached hydrogens (tertiary/aromatic N) is 1. The number of aromatic carboxylic acids is 1. The van der Waals surface area contributed by atoms with Crippen LogP contribution in [0, 0.1) is 0 Å². The number of hydrogen-bond donors (Lipinski definition) is 1. The number of rotatable bonds is 1. The van der Waals surface area contributed by atoms with Crippen molar-refractivity contribution in [2.75, 3.05) is 0 Å². The van der Waals surface area contributed by atoms with Gasteiger partial charge in [-0.3, -0.25) is 0 Å². The zero-order chi connectivity index (χ0) is 14.1. The van der Waals surface area contributed by atoms with Gasteiger partial charge < -0.3 is 19.1 Å². The van der Waals surface area contributed by atoms with E-state index in [1.54, 1.807) is 0 Å². The van der Waals surface area contributed by atoms with E-state index >= 15 is 0 Å². The van der Waals surface area contributed by atoms with Crippen LogP contribution in [0.1, 0.15) is 36.0 Å². The van der Waals surface area contributed by atoms with Crippen LogP contribution in [0.15, 0.2) is 24.3 Å². The van der Waals surface area contributed by atoms with Gasteiger partial charge >= 0.3 is 5.97 Å². The van der Waals surface area contributed by atoms with E-state index in [0.29, 0.717) is 12.1 Å². The number of ether oxygens (including phenoxy) is 2. The maximum atomic E-state index is 11.7. The second-order valence-corrected chi connectivity index (χ2v) is 5.79. The number of benzene rings is 1. The van der Waals surface area contributed by atoms with Crippen molar-refractivity contribution in [3.05, 3.63) is 35.5 Å². The quantitative estimate of drug-likeness (QED) is 0.867. The van der Waals surface area contributed by atoms with Gasteiger partial charge in [-0.15, -0.1) is 0 Å². The van der Waals surface area contributed by atoms with Gasteiger partial charge in [-0.1, -0.05) is 18.2 Å². The molecule has 0 aliphatic carbocycles. The maximum Gasteiger partial charge on any atom is 0.338 e. The highest BCUT2D eigenvalue weighted by Gasteiger charge is 2.49. The Labute approximate surface area is 115 Å². The van der Waals surface area contributed by atoms with Crippen LogP contribution in [-0.4, -0.2) is 27.5 Å². The minimum Gasteiger partial charge on any atom is -0.478 e. The molecule has 1 saturated heterocycles. The first-order valence-electron chi connectivity index (χ1n) is 6.68. The van der Waals surface area contributed by atoms with Crippen molar-refractivity contribution in [2.45, 2.75) is 38.4 Å². The number of aromatic nitrogens is 1. The molecular formula is C15H15NO4. The van der Waals surface area contributed by atoms with Gasteiger partial charge in [0.2, 0.25) is 0 Å². The summed E-state index contributed by atoms with van der Waals surface area (Å²) in [5.41, 5.74) is 2.00. The van der Waals surface area contributed by atoms with Gasteiger partial charge in [0.1, 0.15) is 12.2 Å². The van der Waals surface area contributed by atoms with Gasteiger partial charge in [0.05, 0.1) is 17.8 Å². The first-order valence-corrected chi connectivity index (χ1v) is 6.68. The summed E-state index contributed by atoms with van der Waals surface area (Å²) < 4.78 is 13.8. The third-order valence-electron chi connectivity index (χ3n) is 4.04. The lowest BCUT2D eigenvalue weighted by Crippen LogP contribution is -2.23. The van der Waals surface area contributed by atoms with Gasteiger partial charge in [0.15, 0.2) is 5.79 Å². The van der Waals surface area contributed by atoms with Crippen molar-refractivity contribution >= 4 is 16.9 Å². The Kier molecular flexibility index (Phi) is 2.16. The second-order valence-electron chi connectivity index (χ2n) is 5.79. The highest BCUT2D eigenvalue weighted by atomic mass is 16.8. The van der Waals surface area contributed by atoms with Gasteiger partial charge in [-0.2, -0.15) is 0 Å². The average molecular weight is 273 g/mol. The van der Waals surface area contributed by atoms with Crippen LogP contribution in [0.25, 0.3) is 10.9 Å². The minimum atomic E-state index is -0.913. The van der Waals surface area contributed by atoms with E-state index in [0.717, 1.165) is 16.6 Å². The summed E-state index contributed by atoms with van der Waals surface area (Å²) in [6.07, 6.45) is -0.411. The molecule has 1 fully saturated rings. The van der Waals surface area contributed by atoms with E-state index < -0.39 is 11.8 Å². The lowest BCUT2D eigenvalue weighted by atomic mass is 10.1. The molecule has 1 aromatic heterocycles. The number of carboxylic acid groups (broad SMARTS) is 1. The molecule has 0 amide bonds. The number of carbonyl (C=O) groups is 1. The molecule has 5 nitrogen and oxygen atoms in total. The van der Waals surface area contributed by atoms with E-state index in [4.69, 9.17) is 9.47 Å². The molecule has 4 rings (SSSR count). The van der Waals surface area contributed by atoms with E-state index in [-0.39, 0.29) is 12.2 Å². The molecule has 2 aliphatic heterocycles. The van der Waals surface area contributed by atoms with E-state index in [1.165, 1.54) is 0 Å². The van der Waals surface area contributed by atoms with Crippen LogP contribution in [-0.2, 0) is 16.0 Å². The molecular weight excluding hydrogens is 258 g/mol. The van der Waals surface area contributed by atoms with E-state index in [9.17, 15) is 9.90 Å². The topological polar surface area (TPSA) is 60.7 Å². The largest absolute Gasteiger partial charge is 0.478 e. The van der Waals surface area contributed by atoms with Gasteiger partial charge in [-0.25, -0.2) is 4.79 Å². The SMILES string of the molecule is CC1(C)OC2Cn3c(c(C(=O)O)c4ccccc43)C2O1. The molecule has 0 saturated carbocycles. The Hall–Kier alpha value is -1.85. The fourth-order valence-corrected chi connectivity index (χ4v) is 3.42. The van der Waals surface area contributed by atoms with Crippen LogP contribution in [0.3, 0.4) is 0 Å². The van der Waals surface area contributed by atoms with Gasteiger partial charge in [-0.05, 0) is 19.9 Å². The van der Waals surface area contributed by atoms with Gasteiger partial charge in [0.25, 0.3) is 0 Å². The lowest BCUT2D eigenvalue weighted by molar-refractivity contribution is -0.151. The predicted molar refractivity (Wildman–Crippen MR) is 71.7 cm³/mol. The second kappa shape index (κ2) is 3.62. The first-order chi connectivity index (χ1) is 9.48. The molecule has 104 valence electrons. The monoisotopic (exact) mass is 273 g/mol. The predicted octanol–water partition coefficient (Wildman–Crippen LogP) is 2.55. The van der Waals surface area contributed by atoms with Gasteiger partial charge in [0, 0.05) is 10.9 Å². The van der Waals surface area contributed by atoms with Crippen molar-refractivity contribution in [1.29, 1.82) is 0 Å². The van der Waals surface area contributed by atoms with E-state index in [1.807, 2.05) is 42.7 Å². The Morgan fingerprint density at radius 3 is 2.85 bits per heavy atom. The Balaban J connectivity index is 1.99. The Morgan fingerprint density at radius 1 is 1.35 bits per heavy atom. The summed E-state index contributed by atoms with van der Waals surface area (Å²) in [5.74, 6) is -1.57. The highest BCUT2D eigenvalue weighted by Crippen LogP contribution is 2.47. The Bertz CT molecular complexity index is 731. The first kappa shape index (κ1) is 11.9. The molecule has 2 unspecified atom stereocenters. The molecule has 0 bridgehead atoms. The zero-order valence-electron chi connectivity index (χ0n) is 11.3. The lowest BCUT2D eigenvalue weighted by Gasteiger charge is -2.18. The molecule has 1 aromatic carbocycles. The molecule has 0 radical (unpaired) electrons. The highest BCUT2D eigenvalue weighted by molar-refractivity contribution is 6.05. The van der Waals surface area contributed by atoms with Crippen molar-refractivity contribution in [1.82, 2.24) is 4.57 Å². The van der Waals surface area contributed by atoms with Crippen LogP contribution < -0.4 is 0 Å². The van der Waals surface area contributed by atoms with Crippen LogP contribution >= 0.6 is 0 Å². The van der Waals surface area contributed by atoms with E-state index in [2.05, 4.69) is 0 Å². The summed E-state index contributed by atoms with van der Waals surface area (Å²) >= 11 is 0. The third kappa shape index (κ3) is 1.42. The average Bonchev–Trinajstić information content (AvgIpc) is 2.94. The molecule has 5 heteroatoms. The third-order valence-corrected chi connectivity index (χ3v) is 4.04. The number of carboxylic acids is 1. The zero-order valence-corrected chi connectivity index (χ0v) is 11.3. The van der Waals surface area contributed by atoms with Crippen molar-refractivity contribution in [2.24, 2.45) is 0 Å². The standard InChI is InChI=1S/C15H15NO4/c1-15(2)19-10-7-16-9-6-4-3-5-8(9)11(14(17)18)12(16)13(10)20-15/h3-6,10,13H,7H2,1-2H3,(H,17,18). The van der Waals surface area contributed by atoms with Crippen molar-refractivity contribution in [3.8, 4) is 0 Å². The fraction of sp³-hybridized carbons (Fsp3) is 0.400. The Morgan fingerprint density at radius 2 is 2.10 bits per heavy atom. The summed E-state index contributed by atoms with van der Waals surface area (Å²) in [6, 6.07) is 7.57. The number of fused-ring (bicyclic) bond motifs is 5. The molecule has 2 atom stereocenters. The summed E-state index contributed by atoms with van der Waals surface area (Å²) in [4.78, 5) is 11.7. The van der Waals surface area contributed by atoms with Crippen molar-refractivity contribution < 1.29 is 19.4 Å². The summed E-state index contributed by atoms with van der Waals surface area (Å²) in [7, 11) is 0. The molecule has 20 heavy (non-hydrogen) atoms. The normalized spacial score (nSPS) is 26.7. The van der Waals surface area contributed by atoms with Crippen molar-refractivity contribution in [3.63, 3.8) is 0 Å². The number of hydrogen-bond acceptors (Lipinski definition) is 3. The molecule has 3 heterocycles. The molecule has 1 N–H and O–H groups in total. The van der Waals surface area contributed by atoms with Crippen LogP contribution in [0.5, 0.6) is 0 Å². The molecule has 2 aliphatic rings. The molecule has 2 aromatic rings. The number of para-hydroxylation sites is 1.